The summed E-state index contributed by atoms with van der Waals surface area (Å²) in [6, 6.07) is -0.696. The molecule has 0 aromatic rings. The zero-order chi connectivity index (χ0) is 21.0. The quantitative estimate of drug-likeness (QED) is 0.682. The molecule has 0 unspecified atom stereocenters. The molecule has 1 fully saturated rings. The van der Waals surface area contributed by atoms with E-state index in [-0.39, 0.29) is 6.61 Å². The van der Waals surface area contributed by atoms with Gasteiger partial charge in [0.25, 0.3) is 0 Å². The smallest absolute Gasteiger partial charge is 0.410 e. The average molecular weight is 389 g/mol. The van der Waals surface area contributed by atoms with Gasteiger partial charge in [-0.15, -0.1) is 0 Å². The highest BCUT2D eigenvalue weighted by molar-refractivity contribution is 5.69. The van der Waals surface area contributed by atoms with E-state index < -0.39 is 40.9 Å². The molecule has 1 heterocycles. The Morgan fingerprint density at radius 3 is 1.93 bits per heavy atom. The first-order chi connectivity index (χ1) is 12.2. The van der Waals surface area contributed by atoms with E-state index >= 15 is 0 Å². The number of likely N-dealkylation sites (tertiary alicyclic amines) is 1. The zero-order valence-electron chi connectivity index (χ0n) is 17.7. The third-order valence-corrected chi connectivity index (χ3v) is 4.54. The molecule has 8 nitrogen and oxygen atoms in total. The number of aliphatic hydroxyl groups excluding tert-OH is 2. The minimum absolute atomic E-state index is 0.222. The van der Waals surface area contributed by atoms with Crippen LogP contribution >= 0.6 is 0 Å². The number of aliphatic hydroxyl groups is 2. The summed E-state index contributed by atoms with van der Waals surface area (Å²) >= 11 is 0. The van der Waals surface area contributed by atoms with Crippen molar-refractivity contribution in [1.29, 1.82) is 0 Å². The lowest BCUT2D eigenvalue weighted by molar-refractivity contribution is -0.0392. The Kier molecular flexibility index (Phi) is 7.52. The second-order valence-corrected chi connectivity index (χ2v) is 9.35. The molecule has 1 rings (SSSR count). The van der Waals surface area contributed by atoms with Gasteiger partial charge in [-0.3, -0.25) is 0 Å². The molecule has 2 atom stereocenters. The summed E-state index contributed by atoms with van der Waals surface area (Å²) in [4.78, 5) is 26.0. The Hall–Kier alpha value is -1.54. The van der Waals surface area contributed by atoms with Crippen molar-refractivity contribution >= 4 is 12.2 Å². The number of nitrogens with one attached hydrogen (secondary N) is 1. The van der Waals surface area contributed by atoms with E-state index in [0.717, 1.165) is 0 Å². The molecule has 2 amide bonds. The summed E-state index contributed by atoms with van der Waals surface area (Å²) in [5.41, 5.74) is -1.99. The normalized spacial score (nSPS) is 19.8. The Bertz CT molecular complexity index is 513. The molecule has 0 spiro atoms. The monoisotopic (exact) mass is 388 g/mol. The van der Waals surface area contributed by atoms with Gasteiger partial charge in [-0.1, -0.05) is 0 Å². The van der Waals surface area contributed by atoms with Crippen molar-refractivity contribution in [1.82, 2.24) is 10.2 Å². The fourth-order valence-electron chi connectivity index (χ4n) is 3.25. The first kappa shape index (κ1) is 23.5. The number of amides is 2. The van der Waals surface area contributed by atoms with Crippen molar-refractivity contribution in [3.63, 3.8) is 0 Å². The number of hydrogen-bond donors (Lipinski definition) is 3. The summed E-state index contributed by atoms with van der Waals surface area (Å²) in [7, 11) is 0. The van der Waals surface area contributed by atoms with Crippen LogP contribution in [-0.2, 0) is 9.47 Å². The molecule has 1 aliphatic heterocycles. The van der Waals surface area contributed by atoms with Crippen LogP contribution in [0.25, 0.3) is 0 Å². The maximum absolute atomic E-state index is 12.3. The molecule has 3 N–H and O–H groups in total. The molecule has 27 heavy (non-hydrogen) atoms. The molecule has 8 heteroatoms. The lowest BCUT2D eigenvalue weighted by Gasteiger charge is -2.46. The number of ether oxygens (including phenoxy) is 2. The van der Waals surface area contributed by atoms with Crippen molar-refractivity contribution in [2.75, 3.05) is 19.7 Å². The number of carbonyl (C=O) groups is 2. The van der Waals surface area contributed by atoms with Gasteiger partial charge in [-0.05, 0) is 61.3 Å². The third-order valence-electron chi connectivity index (χ3n) is 4.54. The number of alkyl carbamates (subject to hydrolysis) is 1. The molecular weight excluding hydrogens is 352 g/mol. The lowest BCUT2D eigenvalue weighted by atomic mass is 9.71. The second-order valence-electron chi connectivity index (χ2n) is 9.35. The van der Waals surface area contributed by atoms with Crippen molar-refractivity contribution in [3.05, 3.63) is 0 Å². The molecule has 0 radical (unpaired) electrons. The lowest BCUT2D eigenvalue weighted by Crippen LogP contribution is -2.60. The SMILES string of the molecule is C[C@H](O)[C@@H](NC(=O)OC(C)(C)C)C1(CO)CCN(C(=O)OC(C)(C)C)CC1. The topological polar surface area (TPSA) is 108 Å². The summed E-state index contributed by atoms with van der Waals surface area (Å²) < 4.78 is 10.7. The van der Waals surface area contributed by atoms with Gasteiger partial charge in [-0.2, -0.15) is 0 Å². The maximum Gasteiger partial charge on any atom is 0.410 e. The predicted molar refractivity (Wildman–Crippen MR) is 101 cm³/mol. The molecule has 0 aromatic carbocycles. The Morgan fingerprint density at radius 1 is 1.07 bits per heavy atom. The Balaban J connectivity index is 2.84. The fourth-order valence-corrected chi connectivity index (χ4v) is 3.25. The summed E-state index contributed by atoms with van der Waals surface area (Å²) in [6.45, 7) is 12.8. The molecule has 1 saturated heterocycles. The molecule has 158 valence electrons. The van der Waals surface area contributed by atoms with Gasteiger partial charge in [0.15, 0.2) is 0 Å². The first-order valence-electron chi connectivity index (χ1n) is 9.45. The highest BCUT2D eigenvalue weighted by Crippen LogP contribution is 2.36. The largest absolute Gasteiger partial charge is 0.444 e. The van der Waals surface area contributed by atoms with E-state index in [2.05, 4.69) is 5.32 Å². The van der Waals surface area contributed by atoms with Crippen LogP contribution in [0.5, 0.6) is 0 Å². The maximum atomic E-state index is 12.3. The van der Waals surface area contributed by atoms with E-state index in [4.69, 9.17) is 9.47 Å². The van der Waals surface area contributed by atoms with Crippen LogP contribution in [0, 0.1) is 5.41 Å². The van der Waals surface area contributed by atoms with E-state index in [1.165, 1.54) is 0 Å². The first-order valence-corrected chi connectivity index (χ1v) is 9.45. The summed E-state index contributed by atoms with van der Waals surface area (Å²) in [6.07, 6.45) is -1.08. The molecule has 0 bridgehead atoms. The van der Waals surface area contributed by atoms with Crippen LogP contribution < -0.4 is 5.32 Å². The number of carbonyl (C=O) groups excluding carboxylic acids is 2. The zero-order valence-corrected chi connectivity index (χ0v) is 17.7. The third kappa shape index (κ3) is 7.18. The van der Waals surface area contributed by atoms with Gasteiger partial charge in [0.1, 0.15) is 11.2 Å². The highest BCUT2D eigenvalue weighted by atomic mass is 16.6. The van der Waals surface area contributed by atoms with Gasteiger partial charge in [-0.25, -0.2) is 9.59 Å². The molecule has 1 aliphatic rings. The van der Waals surface area contributed by atoms with E-state index in [0.29, 0.717) is 25.9 Å². The summed E-state index contributed by atoms with van der Waals surface area (Å²) in [5, 5.41) is 23.0. The number of piperidine rings is 1. The summed E-state index contributed by atoms with van der Waals surface area (Å²) in [5.74, 6) is 0. The van der Waals surface area contributed by atoms with Gasteiger partial charge in [0.05, 0.1) is 18.8 Å². The van der Waals surface area contributed by atoms with Gasteiger partial charge < -0.3 is 29.9 Å². The van der Waals surface area contributed by atoms with Crippen LogP contribution in [0.4, 0.5) is 9.59 Å². The van der Waals surface area contributed by atoms with Crippen molar-refractivity contribution in [2.24, 2.45) is 5.41 Å². The van der Waals surface area contributed by atoms with Crippen molar-refractivity contribution in [2.45, 2.75) is 84.7 Å². The standard InChI is InChI=1S/C19H36N2O6/c1-13(23)14(20-15(24)26-17(2,3)4)19(12-22)8-10-21(11-9-19)16(25)27-18(5,6)7/h13-14,22-23H,8-12H2,1-7H3,(H,20,24)/t13-,14+/m0/s1. The average Bonchev–Trinajstić information content (AvgIpc) is 2.49. The minimum atomic E-state index is -0.891. The van der Waals surface area contributed by atoms with Crippen molar-refractivity contribution in [3.8, 4) is 0 Å². The van der Waals surface area contributed by atoms with Crippen LogP contribution in [0.3, 0.4) is 0 Å². The molecule has 0 aromatic heterocycles. The van der Waals surface area contributed by atoms with E-state index in [1.807, 2.05) is 0 Å². The van der Waals surface area contributed by atoms with Crippen LogP contribution in [-0.4, -0.2) is 70.3 Å². The number of rotatable bonds is 4. The Morgan fingerprint density at radius 2 is 1.56 bits per heavy atom. The van der Waals surface area contributed by atoms with Crippen LogP contribution in [0.15, 0.2) is 0 Å². The predicted octanol–water partition coefficient (Wildman–Crippen LogP) is 2.27. The Labute approximate surface area is 162 Å². The minimum Gasteiger partial charge on any atom is -0.444 e. The van der Waals surface area contributed by atoms with E-state index in [1.54, 1.807) is 53.4 Å². The molecular formula is C19H36N2O6. The van der Waals surface area contributed by atoms with Crippen LogP contribution in [0.2, 0.25) is 0 Å². The molecule has 0 aliphatic carbocycles. The van der Waals surface area contributed by atoms with E-state index in [9.17, 15) is 19.8 Å². The van der Waals surface area contributed by atoms with Gasteiger partial charge in [0.2, 0.25) is 0 Å². The number of hydrogen-bond acceptors (Lipinski definition) is 6. The van der Waals surface area contributed by atoms with Crippen molar-refractivity contribution < 1.29 is 29.3 Å². The highest BCUT2D eigenvalue weighted by Gasteiger charge is 2.45. The fraction of sp³-hybridized carbons (Fsp3) is 0.895. The molecule has 0 saturated carbocycles. The number of nitrogens with zero attached hydrogens (tertiary/aromatic N) is 1. The second kappa shape index (κ2) is 8.65. The van der Waals surface area contributed by atoms with Crippen LogP contribution in [0.1, 0.15) is 61.3 Å². The van der Waals surface area contributed by atoms with Gasteiger partial charge in [0, 0.05) is 18.5 Å². The van der Waals surface area contributed by atoms with Gasteiger partial charge >= 0.3 is 12.2 Å².